The Hall–Kier alpha value is -0.830. The fourth-order valence-electron chi connectivity index (χ4n) is 1.77. The summed E-state index contributed by atoms with van der Waals surface area (Å²) in [5.41, 5.74) is 0. The average molecular weight is 182 g/mol. The van der Waals surface area contributed by atoms with Crippen molar-refractivity contribution in [2.24, 2.45) is 0 Å². The Morgan fingerprint density at radius 3 is 2.85 bits per heavy atom. The number of likely N-dealkylation sites (N-methyl/N-ethyl adjacent to an activating group) is 1. The lowest BCUT2D eigenvalue weighted by atomic mass is 10.1. The molecule has 0 saturated carbocycles. The molecule has 0 aromatic carbocycles. The van der Waals surface area contributed by atoms with Crippen molar-refractivity contribution in [2.75, 3.05) is 26.7 Å². The topological polar surface area (TPSA) is 23.6 Å². The summed E-state index contributed by atoms with van der Waals surface area (Å²) in [5, 5.41) is 0. The molecule has 74 valence electrons. The molecule has 1 heterocycles. The van der Waals surface area contributed by atoms with Crippen LogP contribution in [0.25, 0.3) is 0 Å². The van der Waals surface area contributed by atoms with Crippen molar-refractivity contribution in [3.63, 3.8) is 0 Å². The molecule has 0 unspecified atom stereocenters. The van der Waals surface area contributed by atoms with Gasteiger partial charge in [0.05, 0.1) is 0 Å². The normalized spacial score (nSPS) is 24.5. The summed E-state index contributed by atoms with van der Waals surface area (Å²) < 4.78 is 0. The van der Waals surface area contributed by atoms with Crippen molar-refractivity contribution in [1.29, 1.82) is 0 Å². The standard InChI is InChI=1S/C10H18N2O/c1-4-9-8-11(3)6-7-12(9)10(13)5-2/h5,9H,2,4,6-8H2,1,3H3/t9-/m0/s1. The van der Waals surface area contributed by atoms with Gasteiger partial charge < -0.3 is 9.80 Å². The zero-order valence-electron chi connectivity index (χ0n) is 8.49. The number of carbonyl (C=O) groups excluding carboxylic acids is 1. The van der Waals surface area contributed by atoms with Crippen LogP contribution in [0.3, 0.4) is 0 Å². The summed E-state index contributed by atoms with van der Waals surface area (Å²) >= 11 is 0. The van der Waals surface area contributed by atoms with E-state index in [0.717, 1.165) is 26.1 Å². The van der Waals surface area contributed by atoms with Crippen LogP contribution in [-0.2, 0) is 4.79 Å². The molecule has 0 bridgehead atoms. The first-order chi connectivity index (χ1) is 6.19. The third-order valence-corrected chi connectivity index (χ3v) is 2.61. The highest BCUT2D eigenvalue weighted by Crippen LogP contribution is 2.11. The third-order valence-electron chi connectivity index (χ3n) is 2.61. The van der Waals surface area contributed by atoms with Gasteiger partial charge in [-0.2, -0.15) is 0 Å². The van der Waals surface area contributed by atoms with E-state index in [4.69, 9.17) is 0 Å². The smallest absolute Gasteiger partial charge is 0.246 e. The second-order valence-electron chi connectivity index (χ2n) is 3.56. The Kier molecular flexibility index (Phi) is 3.48. The minimum absolute atomic E-state index is 0.0694. The van der Waals surface area contributed by atoms with Crippen molar-refractivity contribution >= 4 is 5.91 Å². The van der Waals surface area contributed by atoms with Crippen LogP contribution in [0.4, 0.5) is 0 Å². The van der Waals surface area contributed by atoms with Gasteiger partial charge in [0.25, 0.3) is 0 Å². The average Bonchev–Trinajstić information content (AvgIpc) is 2.16. The number of hydrogen-bond acceptors (Lipinski definition) is 2. The van der Waals surface area contributed by atoms with E-state index < -0.39 is 0 Å². The SMILES string of the molecule is C=CC(=O)N1CCN(C)C[C@@H]1CC. The van der Waals surface area contributed by atoms with Crippen LogP contribution in [-0.4, -0.2) is 48.4 Å². The van der Waals surface area contributed by atoms with Gasteiger partial charge in [0, 0.05) is 25.7 Å². The van der Waals surface area contributed by atoms with Crippen LogP contribution in [0.15, 0.2) is 12.7 Å². The highest BCUT2D eigenvalue weighted by Gasteiger charge is 2.25. The fourth-order valence-corrected chi connectivity index (χ4v) is 1.77. The number of nitrogens with zero attached hydrogens (tertiary/aromatic N) is 2. The first-order valence-electron chi connectivity index (χ1n) is 4.80. The number of piperazine rings is 1. The first kappa shape index (κ1) is 10.3. The molecular formula is C10H18N2O. The number of rotatable bonds is 2. The molecule has 1 aliphatic heterocycles. The molecule has 1 rings (SSSR count). The van der Waals surface area contributed by atoms with Crippen LogP contribution >= 0.6 is 0 Å². The van der Waals surface area contributed by atoms with Crippen LogP contribution in [0.5, 0.6) is 0 Å². The zero-order chi connectivity index (χ0) is 9.84. The number of hydrogen-bond donors (Lipinski definition) is 0. The van der Waals surface area contributed by atoms with Crippen molar-refractivity contribution in [3.8, 4) is 0 Å². The number of carbonyl (C=O) groups is 1. The Bertz CT molecular complexity index is 203. The van der Waals surface area contributed by atoms with Crippen molar-refractivity contribution in [1.82, 2.24) is 9.80 Å². The van der Waals surface area contributed by atoms with Gasteiger partial charge in [-0.05, 0) is 19.5 Å². The molecule has 0 N–H and O–H groups in total. The van der Waals surface area contributed by atoms with E-state index in [1.807, 2.05) is 4.90 Å². The maximum Gasteiger partial charge on any atom is 0.246 e. The van der Waals surface area contributed by atoms with Gasteiger partial charge in [-0.3, -0.25) is 4.79 Å². The Morgan fingerprint density at radius 1 is 1.62 bits per heavy atom. The van der Waals surface area contributed by atoms with Gasteiger partial charge in [0.2, 0.25) is 5.91 Å². The second-order valence-corrected chi connectivity index (χ2v) is 3.56. The van der Waals surface area contributed by atoms with Gasteiger partial charge in [0.1, 0.15) is 0 Å². The Labute approximate surface area is 80.0 Å². The largest absolute Gasteiger partial charge is 0.334 e. The summed E-state index contributed by atoms with van der Waals surface area (Å²) in [7, 11) is 2.10. The maximum atomic E-state index is 11.4. The van der Waals surface area contributed by atoms with Gasteiger partial charge >= 0.3 is 0 Å². The number of amides is 1. The predicted molar refractivity (Wildman–Crippen MR) is 53.5 cm³/mol. The maximum absolute atomic E-state index is 11.4. The van der Waals surface area contributed by atoms with E-state index in [0.29, 0.717) is 6.04 Å². The zero-order valence-corrected chi connectivity index (χ0v) is 8.49. The van der Waals surface area contributed by atoms with E-state index in [2.05, 4.69) is 25.5 Å². The summed E-state index contributed by atoms with van der Waals surface area (Å²) in [6, 6.07) is 0.365. The van der Waals surface area contributed by atoms with Crippen molar-refractivity contribution in [3.05, 3.63) is 12.7 Å². The second kappa shape index (κ2) is 4.42. The van der Waals surface area contributed by atoms with Crippen molar-refractivity contribution < 1.29 is 4.79 Å². The minimum Gasteiger partial charge on any atom is -0.334 e. The van der Waals surface area contributed by atoms with Gasteiger partial charge in [-0.15, -0.1) is 0 Å². The summed E-state index contributed by atoms with van der Waals surface area (Å²) in [4.78, 5) is 15.6. The molecular weight excluding hydrogens is 164 g/mol. The highest BCUT2D eigenvalue weighted by molar-refractivity contribution is 5.87. The minimum atomic E-state index is 0.0694. The molecule has 3 nitrogen and oxygen atoms in total. The molecule has 1 aliphatic rings. The van der Waals surface area contributed by atoms with E-state index in [9.17, 15) is 4.79 Å². The van der Waals surface area contributed by atoms with E-state index in [1.54, 1.807) is 0 Å². The Morgan fingerprint density at radius 2 is 2.31 bits per heavy atom. The van der Waals surface area contributed by atoms with E-state index in [1.165, 1.54) is 6.08 Å². The molecule has 1 amide bonds. The quantitative estimate of drug-likeness (QED) is 0.588. The molecule has 1 atom stereocenters. The van der Waals surface area contributed by atoms with Crippen LogP contribution in [0.1, 0.15) is 13.3 Å². The molecule has 0 aromatic rings. The summed E-state index contributed by atoms with van der Waals surface area (Å²) in [6.07, 6.45) is 2.43. The van der Waals surface area contributed by atoms with Gasteiger partial charge in [-0.25, -0.2) is 0 Å². The molecule has 0 spiro atoms. The molecule has 0 radical (unpaired) electrons. The third kappa shape index (κ3) is 2.31. The summed E-state index contributed by atoms with van der Waals surface area (Å²) in [5.74, 6) is 0.0694. The molecule has 0 aromatic heterocycles. The van der Waals surface area contributed by atoms with Gasteiger partial charge in [-0.1, -0.05) is 13.5 Å². The first-order valence-corrected chi connectivity index (χ1v) is 4.80. The monoisotopic (exact) mass is 182 g/mol. The van der Waals surface area contributed by atoms with Crippen molar-refractivity contribution in [2.45, 2.75) is 19.4 Å². The molecule has 3 heteroatoms. The molecule has 13 heavy (non-hydrogen) atoms. The Balaban J connectivity index is 2.62. The fraction of sp³-hybridized carbons (Fsp3) is 0.700. The molecule has 1 fully saturated rings. The van der Waals surface area contributed by atoms with E-state index >= 15 is 0 Å². The van der Waals surface area contributed by atoms with E-state index in [-0.39, 0.29) is 5.91 Å². The highest BCUT2D eigenvalue weighted by atomic mass is 16.2. The van der Waals surface area contributed by atoms with Crippen LogP contribution in [0.2, 0.25) is 0 Å². The lowest BCUT2D eigenvalue weighted by molar-refractivity contribution is -0.130. The lowest BCUT2D eigenvalue weighted by Gasteiger charge is -2.39. The summed E-state index contributed by atoms with van der Waals surface area (Å²) in [6.45, 7) is 8.42. The lowest BCUT2D eigenvalue weighted by Crippen LogP contribution is -2.53. The van der Waals surface area contributed by atoms with Crippen LogP contribution in [0, 0.1) is 0 Å². The predicted octanol–water partition coefficient (Wildman–Crippen LogP) is 0.725. The molecule has 0 aliphatic carbocycles. The van der Waals surface area contributed by atoms with Gasteiger partial charge in [0.15, 0.2) is 0 Å². The molecule has 1 saturated heterocycles. The van der Waals surface area contributed by atoms with Crippen LogP contribution < -0.4 is 0 Å².